The highest BCUT2D eigenvalue weighted by Gasteiger charge is 2.23. The first-order chi connectivity index (χ1) is 8.70. The average Bonchev–Trinajstić information content (AvgIpc) is 2.79. The van der Waals surface area contributed by atoms with Crippen LogP contribution >= 0.6 is 11.3 Å². The van der Waals surface area contributed by atoms with Crippen molar-refractivity contribution in [1.82, 2.24) is 0 Å². The van der Waals surface area contributed by atoms with Crippen LogP contribution in [0.4, 0.5) is 0 Å². The van der Waals surface area contributed by atoms with Crippen molar-refractivity contribution in [2.75, 3.05) is 13.2 Å². The molecule has 2 N–H and O–H groups in total. The number of nitriles is 1. The molecule has 0 radical (unpaired) electrons. The normalized spacial score (nSPS) is 13.4. The van der Waals surface area contributed by atoms with E-state index < -0.39 is 7.12 Å². The molecule has 0 aliphatic carbocycles. The molecule has 3 rings (SSSR count). The third-order valence-electron chi connectivity index (χ3n) is 2.70. The summed E-state index contributed by atoms with van der Waals surface area (Å²) in [6.07, 6.45) is 0. The number of ether oxygens (including phenoxy) is 2. The van der Waals surface area contributed by atoms with Gasteiger partial charge in [0.1, 0.15) is 24.8 Å². The molecule has 0 amide bonds. The predicted octanol–water partition coefficient (Wildman–Crippen LogP) is 0.224. The lowest BCUT2D eigenvalue weighted by molar-refractivity contribution is 0.171. The van der Waals surface area contributed by atoms with Gasteiger partial charge in [-0.1, -0.05) is 0 Å². The lowest BCUT2D eigenvalue weighted by atomic mass is 9.89. The van der Waals surface area contributed by atoms with Crippen LogP contribution in [0.1, 0.15) is 5.56 Å². The Hall–Kier alpha value is -1.75. The van der Waals surface area contributed by atoms with Crippen LogP contribution in [-0.2, 0) is 0 Å². The minimum Gasteiger partial charge on any atom is -0.486 e. The van der Waals surface area contributed by atoms with Gasteiger partial charge in [-0.2, -0.15) is 5.26 Å². The highest BCUT2D eigenvalue weighted by Crippen LogP contribution is 2.40. The number of fused-ring (bicyclic) bond motifs is 2. The molecule has 0 bridgehead atoms. The summed E-state index contributed by atoms with van der Waals surface area (Å²) in [4.78, 5) is 0. The summed E-state index contributed by atoms with van der Waals surface area (Å²) < 4.78 is 12.0. The Bertz CT molecular complexity index is 661. The molecule has 1 aliphatic heterocycles. The van der Waals surface area contributed by atoms with E-state index in [-0.39, 0.29) is 0 Å². The summed E-state index contributed by atoms with van der Waals surface area (Å²) in [6.45, 7) is 0.858. The molecule has 5 nitrogen and oxygen atoms in total. The zero-order valence-corrected chi connectivity index (χ0v) is 10.0. The molecule has 2 aromatic rings. The van der Waals surface area contributed by atoms with E-state index in [0.717, 1.165) is 5.39 Å². The van der Waals surface area contributed by atoms with Gasteiger partial charge in [0.15, 0.2) is 11.5 Å². The van der Waals surface area contributed by atoms with E-state index in [2.05, 4.69) is 6.07 Å². The lowest BCUT2D eigenvalue weighted by Crippen LogP contribution is -2.26. The molecule has 1 aliphatic rings. The average molecular weight is 261 g/mol. The zero-order valence-electron chi connectivity index (χ0n) is 9.21. The number of nitrogens with zero attached hydrogens (tertiary/aromatic N) is 1. The van der Waals surface area contributed by atoms with Crippen LogP contribution in [-0.4, -0.2) is 30.4 Å². The summed E-state index contributed by atoms with van der Waals surface area (Å²) in [5.41, 5.74) is 0.388. The Labute approximate surface area is 107 Å². The van der Waals surface area contributed by atoms with Gasteiger partial charge in [0.25, 0.3) is 0 Å². The topological polar surface area (TPSA) is 82.7 Å². The van der Waals surface area contributed by atoms with E-state index in [4.69, 9.17) is 9.47 Å². The van der Waals surface area contributed by atoms with E-state index in [1.165, 1.54) is 11.3 Å². The van der Waals surface area contributed by atoms with Gasteiger partial charge >= 0.3 is 7.12 Å². The van der Waals surface area contributed by atoms with Crippen molar-refractivity contribution in [2.24, 2.45) is 0 Å². The summed E-state index contributed by atoms with van der Waals surface area (Å²) in [5.74, 6) is 0.971. The van der Waals surface area contributed by atoms with Crippen LogP contribution in [0.5, 0.6) is 11.5 Å². The molecule has 0 saturated carbocycles. The van der Waals surface area contributed by atoms with E-state index in [1.807, 2.05) is 0 Å². The first kappa shape index (κ1) is 11.4. The van der Waals surface area contributed by atoms with Gasteiger partial charge in [-0.15, -0.1) is 11.3 Å². The maximum atomic E-state index is 9.24. The third kappa shape index (κ3) is 1.63. The molecule has 0 saturated heterocycles. The van der Waals surface area contributed by atoms with Crippen molar-refractivity contribution in [3.8, 4) is 17.6 Å². The number of hydrogen-bond acceptors (Lipinski definition) is 6. The number of rotatable bonds is 1. The van der Waals surface area contributed by atoms with Crippen molar-refractivity contribution in [3.63, 3.8) is 0 Å². The standard InChI is InChI=1S/C11H8BNO4S/c13-5-7-10-8(16-1-2-17-10)3-6-4-9(12(14)15)18-11(6)7/h3-4,14-15H,1-2H2. The van der Waals surface area contributed by atoms with Gasteiger partial charge < -0.3 is 19.5 Å². The Morgan fingerprint density at radius 1 is 1.28 bits per heavy atom. The maximum absolute atomic E-state index is 9.24. The van der Waals surface area contributed by atoms with Crippen molar-refractivity contribution in [2.45, 2.75) is 0 Å². The van der Waals surface area contributed by atoms with Gasteiger partial charge in [-0.3, -0.25) is 0 Å². The van der Waals surface area contributed by atoms with E-state index >= 15 is 0 Å². The minimum atomic E-state index is -1.53. The quantitative estimate of drug-likeness (QED) is 0.718. The molecule has 1 aromatic carbocycles. The molecule has 0 unspecified atom stereocenters. The molecule has 90 valence electrons. The second kappa shape index (κ2) is 4.17. The fourth-order valence-electron chi connectivity index (χ4n) is 1.94. The summed E-state index contributed by atoms with van der Waals surface area (Å²) in [7, 11) is -1.53. The van der Waals surface area contributed by atoms with Crippen molar-refractivity contribution >= 4 is 33.3 Å². The lowest BCUT2D eigenvalue weighted by Gasteiger charge is -2.19. The molecule has 0 fully saturated rings. The minimum absolute atomic E-state index is 0.388. The van der Waals surface area contributed by atoms with E-state index in [1.54, 1.807) is 12.1 Å². The Morgan fingerprint density at radius 3 is 2.78 bits per heavy atom. The van der Waals surface area contributed by atoms with Crippen LogP contribution < -0.4 is 14.3 Å². The highest BCUT2D eigenvalue weighted by molar-refractivity contribution is 7.28. The Balaban J connectivity index is 2.31. The molecule has 0 spiro atoms. The van der Waals surface area contributed by atoms with E-state index in [9.17, 15) is 15.3 Å². The number of hydrogen-bond donors (Lipinski definition) is 2. The molecule has 18 heavy (non-hydrogen) atoms. The van der Waals surface area contributed by atoms with Crippen LogP contribution in [0, 0.1) is 11.3 Å². The van der Waals surface area contributed by atoms with Gasteiger partial charge in [-0.05, 0) is 17.5 Å². The van der Waals surface area contributed by atoms with Crippen molar-refractivity contribution < 1.29 is 19.5 Å². The SMILES string of the molecule is N#Cc1c2c(cc3cc(B(O)O)sc13)OCCO2. The number of benzene rings is 1. The molecule has 7 heteroatoms. The Kier molecular flexibility index (Phi) is 2.63. The highest BCUT2D eigenvalue weighted by atomic mass is 32.1. The monoisotopic (exact) mass is 261 g/mol. The molecule has 2 heterocycles. The molecular formula is C11H8BNO4S. The van der Waals surface area contributed by atoms with Crippen molar-refractivity contribution in [1.29, 1.82) is 5.26 Å². The van der Waals surface area contributed by atoms with Gasteiger partial charge in [0.2, 0.25) is 0 Å². The fourth-order valence-corrected chi connectivity index (χ4v) is 2.94. The van der Waals surface area contributed by atoms with Crippen molar-refractivity contribution in [3.05, 3.63) is 17.7 Å². The van der Waals surface area contributed by atoms with Crippen LogP contribution in [0.15, 0.2) is 12.1 Å². The first-order valence-electron chi connectivity index (χ1n) is 5.33. The van der Waals surface area contributed by atoms with Gasteiger partial charge in [0, 0.05) is 4.78 Å². The second-order valence-corrected chi connectivity index (χ2v) is 4.91. The van der Waals surface area contributed by atoms with Gasteiger partial charge in [-0.25, -0.2) is 0 Å². The third-order valence-corrected chi connectivity index (χ3v) is 3.91. The molecular weight excluding hydrogens is 253 g/mol. The first-order valence-corrected chi connectivity index (χ1v) is 6.14. The summed E-state index contributed by atoms with van der Waals surface area (Å²) in [5, 5.41) is 28.3. The number of thiophene rings is 1. The smallest absolute Gasteiger partial charge is 0.486 e. The summed E-state index contributed by atoms with van der Waals surface area (Å²) >= 11 is 1.17. The van der Waals surface area contributed by atoms with Gasteiger partial charge in [0.05, 0.1) is 4.70 Å². The largest absolute Gasteiger partial charge is 0.499 e. The maximum Gasteiger partial charge on any atom is 0.499 e. The molecule has 0 atom stereocenters. The molecule has 1 aromatic heterocycles. The van der Waals surface area contributed by atoms with Crippen LogP contribution in [0.25, 0.3) is 10.1 Å². The second-order valence-electron chi connectivity index (χ2n) is 3.83. The fraction of sp³-hybridized carbons (Fsp3) is 0.182. The van der Waals surface area contributed by atoms with Crippen LogP contribution in [0.2, 0.25) is 0 Å². The zero-order chi connectivity index (χ0) is 12.7. The Morgan fingerprint density at radius 2 is 2.06 bits per heavy atom. The summed E-state index contributed by atoms with van der Waals surface area (Å²) in [6, 6.07) is 5.49. The predicted molar refractivity (Wildman–Crippen MR) is 67.4 cm³/mol. The van der Waals surface area contributed by atoms with Crippen LogP contribution in [0.3, 0.4) is 0 Å². The van der Waals surface area contributed by atoms with E-state index in [0.29, 0.717) is 39.8 Å².